The van der Waals surface area contributed by atoms with Crippen molar-refractivity contribution in [2.45, 2.75) is 51.6 Å². The topological polar surface area (TPSA) is 50.8 Å². The molecule has 78 valence electrons. The van der Waals surface area contributed by atoms with E-state index in [4.69, 9.17) is 10.5 Å². The van der Waals surface area contributed by atoms with E-state index in [9.17, 15) is 0 Å². The van der Waals surface area contributed by atoms with Gasteiger partial charge in [-0.1, -0.05) is 13.8 Å². The fourth-order valence-electron chi connectivity index (χ4n) is 1.33. The molecule has 14 heavy (non-hydrogen) atoms. The summed E-state index contributed by atoms with van der Waals surface area (Å²) < 4.78 is 0. The highest BCUT2D eigenvalue weighted by molar-refractivity contribution is 5.14. The highest BCUT2D eigenvalue weighted by Gasteiger charge is 2.39. The van der Waals surface area contributed by atoms with E-state index in [1.165, 1.54) is 0 Å². The molecule has 0 saturated carbocycles. The fraction of sp³-hybridized carbons (Fsp3) is 0.818. The van der Waals surface area contributed by atoms with E-state index < -0.39 is 11.1 Å². The Morgan fingerprint density at radius 2 is 1.29 bits per heavy atom. The maximum Gasteiger partial charge on any atom is 0.107 e. The fourth-order valence-corrected chi connectivity index (χ4v) is 1.33. The maximum absolute atomic E-state index is 9.11. The Morgan fingerprint density at radius 1 is 1.00 bits per heavy atom. The first-order valence-electron chi connectivity index (χ1n) is 4.96. The second-order valence-corrected chi connectivity index (χ2v) is 4.04. The predicted molar refractivity (Wildman–Crippen MR) is 56.4 cm³/mol. The first-order chi connectivity index (χ1) is 6.40. The van der Waals surface area contributed by atoms with Crippen molar-refractivity contribution in [2.75, 3.05) is 7.05 Å². The van der Waals surface area contributed by atoms with E-state index in [0.717, 1.165) is 12.8 Å². The Bertz CT molecular complexity index is 245. The lowest BCUT2D eigenvalue weighted by Crippen LogP contribution is -2.54. The summed E-state index contributed by atoms with van der Waals surface area (Å²) in [5.41, 5.74) is -1.11. The van der Waals surface area contributed by atoms with Crippen molar-refractivity contribution >= 4 is 0 Å². The van der Waals surface area contributed by atoms with Crippen molar-refractivity contribution in [1.29, 1.82) is 10.5 Å². The van der Waals surface area contributed by atoms with E-state index in [0.29, 0.717) is 0 Å². The van der Waals surface area contributed by atoms with Crippen molar-refractivity contribution in [2.24, 2.45) is 0 Å². The summed E-state index contributed by atoms with van der Waals surface area (Å²) in [7, 11) is 1.85. The number of rotatable bonds is 4. The summed E-state index contributed by atoms with van der Waals surface area (Å²) in [6.07, 6.45) is 1.44. The predicted octanol–water partition coefficient (Wildman–Crippen LogP) is 2.30. The van der Waals surface area contributed by atoms with Crippen LogP contribution in [0.1, 0.15) is 40.5 Å². The quantitative estimate of drug-likeness (QED) is 0.688. The zero-order valence-electron chi connectivity index (χ0n) is 9.76. The van der Waals surface area contributed by atoms with Crippen LogP contribution in [-0.2, 0) is 0 Å². The molecule has 0 N–H and O–H groups in total. The molecule has 0 aromatic carbocycles. The molecule has 0 saturated heterocycles. The van der Waals surface area contributed by atoms with Gasteiger partial charge >= 0.3 is 0 Å². The third kappa shape index (κ3) is 2.05. The summed E-state index contributed by atoms with van der Waals surface area (Å²) >= 11 is 0. The summed E-state index contributed by atoms with van der Waals surface area (Å²) in [4.78, 5) is 1.88. The van der Waals surface area contributed by atoms with Crippen LogP contribution in [0.4, 0.5) is 0 Å². The van der Waals surface area contributed by atoms with Gasteiger partial charge in [0, 0.05) is 0 Å². The van der Waals surface area contributed by atoms with Crippen LogP contribution in [-0.4, -0.2) is 23.0 Å². The lowest BCUT2D eigenvalue weighted by Gasteiger charge is -2.41. The van der Waals surface area contributed by atoms with E-state index >= 15 is 0 Å². The van der Waals surface area contributed by atoms with Crippen LogP contribution >= 0.6 is 0 Å². The van der Waals surface area contributed by atoms with Crippen molar-refractivity contribution in [1.82, 2.24) is 4.90 Å². The van der Waals surface area contributed by atoms with Gasteiger partial charge in [0.05, 0.1) is 12.1 Å². The lowest BCUT2D eigenvalue weighted by atomic mass is 9.89. The van der Waals surface area contributed by atoms with Gasteiger partial charge in [0.1, 0.15) is 11.1 Å². The average Bonchev–Trinajstić information content (AvgIpc) is 2.25. The van der Waals surface area contributed by atoms with E-state index in [-0.39, 0.29) is 0 Å². The molecule has 0 aromatic rings. The molecule has 3 heteroatoms. The molecular weight excluding hydrogens is 174 g/mol. The molecule has 0 radical (unpaired) electrons. The Labute approximate surface area is 86.9 Å². The van der Waals surface area contributed by atoms with Gasteiger partial charge in [-0.05, 0) is 33.7 Å². The molecule has 0 aromatic heterocycles. The SMILES string of the molecule is CCC(C)(C#N)N(C)C(C)(C#N)CC. The molecule has 3 nitrogen and oxygen atoms in total. The standard InChI is InChI=1S/C11H19N3/c1-6-10(3,8-12)14(5)11(4,7-2)9-13/h6-7H2,1-5H3. The molecule has 2 atom stereocenters. The maximum atomic E-state index is 9.11. The lowest BCUT2D eigenvalue weighted by molar-refractivity contribution is 0.0884. The molecule has 0 rings (SSSR count). The van der Waals surface area contributed by atoms with Gasteiger partial charge in [-0.25, -0.2) is 0 Å². The van der Waals surface area contributed by atoms with E-state index in [1.807, 2.05) is 39.6 Å². The molecular formula is C11H19N3. The van der Waals surface area contributed by atoms with Gasteiger partial charge in [0.2, 0.25) is 0 Å². The van der Waals surface area contributed by atoms with Crippen LogP contribution in [0, 0.1) is 22.7 Å². The second-order valence-electron chi connectivity index (χ2n) is 4.04. The number of hydrogen-bond donors (Lipinski definition) is 0. The zero-order valence-corrected chi connectivity index (χ0v) is 9.76. The van der Waals surface area contributed by atoms with Crippen LogP contribution < -0.4 is 0 Å². The Balaban J connectivity index is 5.05. The summed E-state index contributed by atoms with van der Waals surface area (Å²) in [6.45, 7) is 7.68. The van der Waals surface area contributed by atoms with Crippen LogP contribution in [0.2, 0.25) is 0 Å². The second kappa shape index (κ2) is 4.44. The minimum Gasteiger partial charge on any atom is -0.271 e. The average molecular weight is 193 g/mol. The Morgan fingerprint density at radius 3 is 1.43 bits per heavy atom. The number of nitrogens with zero attached hydrogens (tertiary/aromatic N) is 3. The highest BCUT2D eigenvalue weighted by Crippen LogP contribution is 2.27. The minimum absolute atomic E-state index is 0.555. The highest BCUT2D eigenvalue weighted by atomic mass is 15.2. The van der Waals surface area contributed by atoms with E-state index in [1.54, 1.807) is 0 Å². The third-order valence-electron chi connectivity index (χ3n) is 3.34. The van der Waals surface area contributed by atoms with Gasteiger partial charge in [-0.15, -0.1) is 0 Å². The number of hydrogen-bond acceptors (Lipinski definition) is 3. The molecule has 0 spiro atoms. The summed E-state index contributed by atoms with van der Waals surface area (Å²) in [6, 6.07) is 4.55. The Kier molecular flexibility index (Phi) is 4.10. The van der Waals surface area contributed by atoms with Crippen LogP contribution in [0.25, 0.3) is 0 Å². The smallest absolute Gasteiger partial charge is 0.107 e. The third-order valence-corrected chi connectivity index (χ3v) is 3.34. The molecule has 0 fully saturated rings. The van der Waals surface area contributed by atoms with Crippen molar-refractivity contribution in [3.8, 4) is 12.1 Å². The summed E-state index contributed by atoms with van der Waals surface area (Å²) in [5.74, 6) is 0. The molecule has 0 heterocycles. The van der Waals surface area contributed by atoms with Crippen molar-refractivity contribution in [3.63, 3.8) is 0 Å². The van der Waals surface area contributed by atoms with Crippen molar-refractivity contribution in [3.05, 3.63) is 0 Å². The van der Waals surface area contributed by atoms with Crippen LogP contribution in [0.5, 0.6) is 0 Å². The molecule has 0 bridgehead atoms. The molecule has 0 amide bonds. The van der Waals surface area contributed by atoms with Gasteiger partial charge < -0.3 is 0 Å². The van der Waals surface area contributed by atoms with Gasteiger partial charge in [-0.3, -0.25) is 4.90 Å². The molecule has 0 aliphatic carbocycles. The normalized spacial score (nSPS) is 19.1. The first kappa shape index (κ1) is 12.9. The van der Waals surface area contributed by atoms with Gasteiger partial charge in [0.15, 0.2) is 0 Å². The molecule has 0 aliphatic rings. The largest absolute Gasteiger partial charge is 0.271 e. The van der Waals surface area contributed by atoms with Gasteiger partial charge in [-0.2, -0.15) is 10.5 Å². The van der Waals surface area contributed by atoms with E-state index in [2.05, 4.69) is 12.1 Å². The van der Waals surface area contributed by atoms with Gasteiger partial charge in [0.25, 0.3) is 0 Å². The molecule has 0 aliphatic heterocycles. The van der Waals surface area contributed by atoms with Crippen molar-refractivity contribution < 1.29 is 0 Å². The Hall–Kier alpha value is -1.06. The first-order valence-corrected chi connectivity index (χ1v) is 4.96. The van der Waals surface area contributed by atoms with Crippen LogP contribution in [0.15, 0.2) is 0 Å². The van der Waals surface area contributed by atoms with Crippen LogP contribution in [0.3, 0.4) is 0 Å². The summed E-state index contributed by atoms with van der Waals surface area (Å²) in [5, 5.41) is 18.2. The monoisotopic (exact) mass is 193 g/mol. The molecule has 2 unspecified atom stereocenters. The zero-order chi connectivity index (χ0) is 11.4. The number of nitriles is 2. The minimum atomic E-state index is -0.555.